The monoisotopic (exact) mass is 221 g/mol. The molecule has 0 unspecified atom stereocenters. The molecule has 1 spiro atoms. The molecule has 0 radical (unpaired) electrons. The minimum absolute atomic E-state index is 0.146. The molecule has 4 heteroatoms. The Balaban J connectivity index is 1.80. The standard InChI is InChI=1S/C12H19N3O/c1-14-8-11(10-6-13-15(2)7-10)16-12(9-14)4-3-5-12/h6-7,11H,3-5,8-9H2,1-2H3/t11-/m0/s1. The lowest BCUT2D eigenvalue weighted by Gasteiger charge is -2.50. The third-order valence-corrected chi connectivity index (χ3v) is 3.79. The molecule has 1 atom stereocenters. The summed E-state index contributed by atoms with van der Waals surface area (Å²) < 4.78 is 8.13. The van der Waals surface area contributed by atoms with Gasteiger partial charge in [0.25, 0.3) is 0 Å². The number of aromatic nitrogens is 2. The van der Waals surface area contributed by atoms with Gasteiger partial charge in [-0.25, -0.2) is 0 Å². The third kappa shape index (κ3) is 1.66. The average molecular weight is 221 g/mol. The zero-order valence-corrected chi connectivity index (χ0v) is 10.0. The van der Waals surface area contributed by atoms with Crippen molar-refractivity contribution < 1.29 is 4.74 Å². The molecular weight excluding hydrogens is 202 g/mol. The van der Waals surface area contributed by atoms with Crippen molar-refractivity contribution in [3.63, 3.8) is 0 Å². The van der Waals surface area contributed by atoms with Crippen molar-refractivity contribution in [2.75, 3.05) is 20.1 Å². The van der Waals surface area contributed by atoms with Crippen LogP contribution in [0, 0.1) is 0 Å². The quantitative estimate of drug-likeness (QED) is 0.717. The van der Waals surface area contributed by atoms with Gasteiger partial charge in [-0.2, -0.15) is 5.10 Å². The first kappa shape index (κ1) is 10.3. The predicted octanol–water partition coefficient (Wildman–Crippen LogP) is 1.35. The van der Waals surface area contributed by atoms with Gasteiger partial charge in [-0.15, -0.1) is 0 Å². The van der Waals surface area contributed by atoms with Crippen molar-refractivity contribution in [2.45, 2.75) is 31.0 Å². The van der Waals surface area contributed by atoms with Gasteiger partial charge in [-0.3, -0.25) is 4.68 Å². The van der Waals surface area contributed by atoms with Crippen LogP contribution < -0.4 is 0 Å². The Morgan fingerprint density at radius 2 is 2.25 bits per heavy atom. The van der Waals surface area contributed by atoms with E-state index in [1.165, 1.54) is 24.8 Å². The summed E-state index contributed by atoms with van der Waals surface area (Å²) in [5.41, 5.74) is 1.35. The zero-order valence-electron chi connectivity index (χ0n) is 10.0. The number of rotatable bonds is 1. The van der Waals surface area contributed by atoms with Crippen molar-refractivity contribution in [1.29, 1.82) is 0 Å². The Morgan fingerprint density at radius 1 is 1.44 bits per heavy atom. The van der Waals surface area contributed by atoms with Gasteiger partial charge in [0, 0.05) is 31.9 Å². The minimum Gasteiger partial charge on any atom is -0.364 e. The Kier molecular flexibility index (Phi) is 2.30. The van der Waals surface area contributed by atoms with E-state index in [4.69, 9.17) is 4.74 Å². The topological polar surface area (TPSA) is 30.3 Å². The summed E-state index contributed by atoms with van der Waals surface area (Å²) in [6.07, 6.45) is 7.94. The van der Waals surface area contributed by atoms with E-state index in [2.05, 4.69) is 23.2 Å². The lowest BCUT2D eigenvalue weighted by molar-refractivity contribution is -0.188. The maximum Gasteiger partial charge on any atom is 0.0990 e. The van der Waals surface area contributed by atoms with Crippen LogP contribution in [-0.2, 0) is 11.8 Å². The first-order valence-corrected chi connectivity index (χ1v) is 6.02. The molecule has 2 heterocycles. The summed E-state index contributed by atoms with van der Waals surface area (Å²) in [5.74, 6) is 0. The van der Waals surface area contributed by atoms with Crippen LogP contribution in [0.3, 0.4) is 0 Å². The minimum atomic E-state index is 0.146. The molecule has 3 rings (SSSR count). The van der Waals surface area contributed by atoms with Crippen molar-refractivity contribution in [3.05, 3.63) is 18.0 Å². The van der Waals surface area contributed by atoms with E-state index >= 15 is 0 Å². The van der Waals surface area contributed by atoms with Crippen LogP contribution in [0.1, 0.15) is 30.9 Å². The second-order valence-corrected chi connectivity index (χ2v) is 5.29. The maximum absolute atomic E-state index is 6.28. The van der Waals surface area contributed by atoms with Crippen molar-refractivity contribution in [1.82, 2.24) is 14.7 Å². The lowest BCUT2D eigenvalue weighted by Crippen LogP contribution is -2.55. The molecule has 4 nitrogen and oxygen atoms in total. The number of hydrogen-bond acceptors (Lipinski definition) is 3. The van der Waals surface area contributed by atoms with Crippen molar-refractivity contribution >= 4 is 0 Å². The largest absolute Gasteiger partial charge is 0.364 e. The Labute approximate surface area is 96.2 Å². The highest BCUT2D eigenvalue weighted by atomic mass is 16.5. The molecule has 88 valence electrons. The van der Waals surface area contributed by atoms with E-state index in [0.717, 1.165) is 13.1 Å². The normalized spacial score (nSPS) is 29.2. The Bertz CT molecular complexity index is 383. The SMILES string of the molecule is CN1C[C@@H](c2cnn(C)c2)OC2(CCC2)C1. The molecule has 1 aromatic heterocycles. The van der Waals surface area contributed by atoms with E-state index in [0.29, 0.717) is 0 Å². The Morgan fingerprint density at radius 3 is 2.81 bits per heavy atom. The highest BCUT2D eigenvalue weighted by Crippen LogP contribution is 2.42. The van der Waals surface area contributed by atoms with Crippen LogP contribution in [-0.4, -0.2) is 40.4 Å². The van der Waals surface area contributed by atoms with Crippen LogP contribution in [0.4, 0.5) is 0 Å². The summed E-state index contributed by atoms with van der Waals surface area (Å²) in [6, 6.07) is 0. The molecule has 16 heavy (non-hydrogen) atoms. The van der Waals surface area contributed by atoms with Crippen molar-refractivity contribution in [3.8, 4) is 0 Å². The number of morpholine rings is 1. The summed E-state index contributed by atoms with van der Waals surface area (Å²) in [6.45, 7) is 2.07. The molecule has 1 aromatic rings. The molecule has 2 fully saturated rings. The summed E-state index contributed by atoms with van der Waals surface area (Å²) >= 11 is 0. The molecular formula is C12H19N3O. The second-order valence-electron chi connectivity index (χ2n) is 5.29. The summed E-state index contributed by atoms with van der Waals surface area (Å²) in [7, 11) is 4.14. The van der Waals surface area contributed by atoms with Gasteiger partial charge in [-0.05, 0) is 26.3 Å². The molecule has 0 aromatic carbocycles. The van der Waals surface area contributed by atoms with Gasteiger partial charge in [0.1, 0.15) is 0 Å². The van der Waals surface area contributed by atoms with Crippen molar-refractivity contribution in [2.24, 2.45) is 7.05 Å². The average Bonchev–Trinajstić information content (AvgIpc) is 2.62. The smallest absolute Gasteiger partial charge is 0.0990 e. The molecule has 0 bridgehead atoms. The van der Waals surface area contributed by atoms with Gasteiger partial charge in [0.2, 0.25) is 0 Å². The number of hydrogen-bond donors (Lipinski definition) is 0. The van der Waals surface area contributed by atoms with Crippen LogP contribution >= 0.6 is 0 Å². The van der Waals surface area contributed by atoms with E-state index in [-0.39, 0.29) is 11.7 Å². The summed E-state index contributed by atoms with van der Waals surface area (Å²) in [4.78, 5) is 2.39. The van der Waals surface area contributed by atoms with E-state index in [9.17, 15) is 0 Å². The van der Waals surface area contributed by atoms with E-state index in [1.807, 2.05) is 17.9 Å². The van der Waals surface area contributed by atoms with Crippen LogP contribution in [0.15, 0.2) is 12.4 Å². The molecule has 0 amide bonds. The van der Waals surface area contributed by atoms with Gasteiger partial charge >= 0.3 is 0 Å². The fourth-order valence-corrected chi connectivity index (χ4v) is 2.84. The Hall–Kier alpha value is -0.870. The number of likely N-dealkylation sites (N-methyl/N-ethyl adjacent to an activating group) is 1. The third-order valence-electron chi connectivity index (χ3n) is 3.79. The van der Waals surface area contributed by atoms with E-state index in [1.54, 1.807) is 0 Å². The van der Waals surface area contributed by atoms with Gasteiger partial charge in [-0.1, -0.05) is 0 Å². The van der Waals surface area contributed by atoms with E-state index < -0.39 is 0 Å². The molecule has 1 aliphatic carbocycles. The fourth-order valence-electron chi connectivity index (χ4n) is 2.84. The predicted molar refractivity (Wildman–Crippen MR) is 61.1 cm³/mol. The second kappa shape index (κ2) is 3.57. The van der Waals surface area contributed by atoms with Crippen LogP contribution in [0.25, 0.3) is 0 Å². The summed E-state index contributed by atoms with van der Waals surface area (Å²) in [5, 5.41) is 4.23. The van der Waals surface area contributed by atoms with Crippen LogP contribution in [0.5, 0.6) is 0 Å². The lowest BCUT2D eigenvalue weighted by atomic mass is 9.78. The maximum atomic E-state index is 6.28. The van der Waals surface area contributed by atoms with Gasteiger partial charge < -0.3 is 9.64 Å². The van der Waals surface area contributed by atoms with Gasteiger partial charge in [0.05, 0.1) is 17.9 Å². The molecule has 2 aliphatic rings. The zero-order chi connectivity index (χ0) is 11.2. The first-order valence-electron chi connectivity index (χ1n) is 6.02. The highest BCUT2D eigenvalue weighted by Gasteiger charge is 2.44. The fraction of sp³-hybridized carbons (Fsp3) is 0.750. The molecule has 0 N–H and O–H groups in total. The molecule has 1 saturated carbocycles. The molecule has 1 saturated heterocycles. The molecule has 1 aliphatic heterocycles. The number of ether oxygens (including phenoxy) is 1. The first-order chi connectivity index (χ1) is 7.67. The van der Waals surface area contributed by atoms with Crippen LogP contribution in [0.2, 0.25) is 0 Å². The highest BCUT2D eigenvalue weighted by molar-refractivity contribution is 5.12. The van der Waals surface area contributed by atoms with Gasteiger partial charge in [0.15, 0.2) is 0 Å². The number of nitrogens with zero attached hydrogens (tertiary/aromatic N) is 3. The number of aryl methyl sites for hydroxylation is 1.